The first-order valence-electron chi connectivity index (χ1n) is 4.21. The predicted molar refractivity (Wildman–Crippen MR) is 47.4 cm³/mol. The molecule has 0 aliphatic rings. The number of ether oxygens (including phenoxy) is 1. The number of alkyl halides is 3. The first-order valence-corrected chi connectivity index (χ1v) is 4.21. The Balaban J connectivity index is 3.57. The van der Waals surface area contributed by atoms with Gasteiger partial charge in [0.15, 0.2) is 0 Å². The minimum Gasteiger partial charge on any atom is -0.370 e. The van der Waals surface area contributed by atoms with Crippen LogP contribution in [-0.2, 0) is 4.74 Å². The summed E-state index contributed by atoms with van der Waals surface area (Å²) in [5.41, 5.74) is 2.38. The van der Waals surface area contributed by atoms with E-state index in [1.807, 2.05) is 0 Å². The van der Waals surface area contributed by atoms with E-state index >= 15 is 0 Å². The third-order valence-corrected chi connectivity index (χ3v) is 1.54. The van der Waals surface area contributed by atoms with Crippen LogP contribution >= 0.6 is 0 Å². The van der Waals surface area contributed by atoms with Crippen LogP contribution < -0.4 is 11.3 Å². The molecule has 0 aliphatic carbocycles. The Labute approximate surface area is 81.1 Å². The monoisotopic (exact) mass is 212 g/mol. The maximum Gasteiger partial charge on any atom is 0.411 e. The summed E-state index contributed by atoms with van der Waals surface area (Å²) in [6.07, 6.45) is -1.31. The molecule has 0 aromatic heterocycles. The van der Waals surface area contributed by atoms with Crippen molar-refractivity contribution in [1.82, 2.24) is 5.43 Å². The highest BCUT2D eigenvalue weighted by molar-refractivity contribution is 4.72. The van der Waals surface area contributed by atoms with Crippen LogP contribution in [0.15, 0.2) is 12.7 Å². The summed E-state index contributed by atoms with van der Waals surface area (Å²) < 4.78 is 39.5. The highest BCUT2D eigenvalue weighted by Gasteiger charge is 2.27. The predicted octanol–water partition coefficient (Wildman–Crippen LogP) is 1.36. The van der Waals surface area contributed by atoms with Crippen molar-refractivity contribution in [2.24, 2.45) is 5.84 Å². The van der Waals surface area contributed by atoms with Crippen molar-refractivity contribution >= 4 is 0 Å². The van der Waals surface area contributed by atoms with Crippen LogP contribution in [-0.4, -0.2) is 25.4 Å². The molecular formula is C8H15F3N2O. The molecule has 3 nitrogen and oxygen atoms in total. The summed E-state index contributed by atoms with van der Waals surface area (Å²) >= 11 is 0. The summed E-state index contributed by atoms with van der Waals surface area (Å²) in [5.74, 6) is 5.12. The molecule has 14 heavy (non-hydrogen) atoms. The zero-order valence-corrected chi connectivity index (χ0v) is 7.81. The van der Waals surface area contributed by atoms with Gasteiger partial charge in [0.05, 0.1) is 6.61 Å². The molecule has 0 aromatic carbocycles. The van der Waals surface area contributed by atoms with Gasteiger partial charge in [-0.3, -0.25) is 11.3 Å². The second-order valence-corrected chi connectivity index (χ2v) is 2.86. The van der Waals surface area contributed by atoms with Crippen LogP contribution in [0.2, 0.25) is 0 Å². The van der Waals surface area contributed by atoms with Crippen molar-refractivity contribution in [2.75, 3.05) is 13.2 Å². The number of nitrogens with one attached hydrogen (secondary N) is 1. The molecular weight excluding hydrogens is 197 g/mol. The fourth-order valence-electron chi connectivity index (χ4n) is 0.851. The van der Waals surface area contributed by atoms with Gasteiger partial charge in [-0.15, -0.1) is 6.58 Å². The first-order chi connectivity index (χ1) is 6.49. The summed E-state index contributed by atoms with van der Waals surface area (Å²) in [4.78, 5) is 0. The second-order valence-electron chi connectivity index (χ2n) is 2.86. The average Bonchev–Trinajstić information content (AvgIpc) is 2.09. The highest BCUT2D eigenvalue weighted by atomic mass is 19.4. The fourth-order valence-corrected chi connectivity index (χ4v) is 0.851. The van der Waals surface area contributed by atoms with Crippen molar-refractivity contribution in [1.29, 1.82) is 0 Å². The molecule has 6 heteroatoms. The molecule has 3 N–H and O–H groups in total. The number of rotatable bonds is 7. The maximum absolute atomic E-state index is 11.7. The van der Waals surface area contributed by atoms with Crippen molar-refractivity contribution < 1.29 is 17.9 Å². The lowest BCUT2D eigenvalue weighted by Gasteiger charge is -2.15. The SMILES string of the molecule is C=CCCC(COCC(F)(F)F)NN. The largest absolute Gasteiger partial charge is 0.411 e. The van der Waals surface area contributed by atoms with E-state index in [1.165, 1.54) is 0 Å². The highest BCUT2D eigenvalue weighted by Crippen LogP contribution is 2.14. The van der Waals surface area contributed by atoms with E-state index in [4.69, 9.17) is 5.84 Å². The molecule has 1 unspecified atom stereocenters. The molecule has 0 amide bonds. The zero-order valence-electron chi connectivity index (χ0n) is 7.81. The van der Waals surface area contributed by atoms with Crippen LogP contribution in [0.5, 0.6) is 0 Å². The van der Waals surface area contributed by atoms with Crippen LogP contribution in [0.25, 0.3) is 0 Å². The van der Waals surface area contributed by atoms with Crippen LogP contribution in [0.3, 0.4) is 0 Å². The molecule has 1 atom stereocenters. The van der Waals surface area contributed by atoms with Crippen LogP contribution in [0.1, 0.15) is 12.8 Å². The Kier molecular flexibility index (Phi) is 6.52. The molecule has 0 saturated heterocycles. The van der Waals surface area contributed by atoms with E-state index in [2.05, 4.69) is 16.7 Å². The average molecular weight is 212 g/mol. The number of allylic oxidation sites excluding steroid dienone is 1. The number of halogens is 3. The minimum absolute atomic E-state index is 0.0517. The Morgan fingerprint density at radius 1 is 1.50 bits per heavy atom. The third kappa shape index (κ3) is 8.03. The van der Waals surface area contributed by atoms with Crippen LogP contribution in [0, 0.1) is 0 Å². The summed E-state index contributed by atoms with van der Waals surface area (Å²) in [5, 5.41) is 0. The molecule has 0 aromatic rings. The molecule has 0 saturated carbocycles. The lowest BCUT2D eigenvalue weighted by atomic mass is 10.2. The quantitative estimate of drug-likeness (QED) is 0.380. The van der Waals surface area contributed by atoms with E-state index in [-0.39, 0.29) is 12.6 Å². The molecule has 0 radical (unpaired) electrons. The standard InChI is InChI=1S/C8H15F3N2O/c1-2-3-4-7(13-12)5-14-6-8(9,10)11/h2,7,13H,1,3-6,12H2. The molecule has 0 rings (SSSR count). The Hall–Kier alpha value is -0.590. The first kappa shape index (κ1) is 13.4. The molecule has 0 spiro atoms. The van der Waals surface area contributed by atoms with Gasteiger partial charge in [-0.1, -0.05) is 6.08 Å². The third-order valence-electron chi connectivity index (χ3n) is 1.54. The van der Waals surface area contributed by atoms with E-state index < -0.39 is 12.8 Å². The van der Waals surface area contributed by atoms with Gasteiger partial charge in [0, 0.05) is 6.04 Å². The van der Waals surface area contributed by atoms with Gasteiger partial charge < -0.3 is 4.74 Å². The molecule has 0 aliphatic heterocycles. The Bertz CT molecular complexity index is 161. The Morgan fingerprint density at radius 3 is 2.57 bits per heavy atom. The van der Waals surface area contributed by atoms with Crippen LogP contribution in [0.4, 0.5) is 13.2 Å². The minimum atomic E-state index is -4.28. The lowest BCUT2D eigenvalue weighted by molar-refractivity contribution is -0.175. The fraction of sp³-hybridized carbons (Fsp3) is 0.750. The summed E-state index contributed by atoms with van der Waals surface area (Å²) in [6.45, 7) is 2.21. The molecule has 84 valence electrons. The number of hydrazine groups is 1. The van der Waals surface area contributed by atoms with Gasteiger partial charge in [-0.05, 0) is 12.8 Å². The number of nitrogens with two attached hydrogens (primary N) is 1. The van der Waals surface area contributed by atoms with Gasteiger partial charge in [-0.25, -0.2) is 0 Å². The smallest absolute Gasteiger partial charge is 0.370 e. The molecule has 0 heterocycles. The maximum atomic E-state index is 11.7. The molecule has 0 bridgehead atoms. The summed E-state index contributed by atoms with van der Waals surface area (Å²) in [6, 6.07) is -0.268. The van der Waals surface area contributed by atoms with Gasteiger partial charge in [0.1, 0.15) is 6.61 Å². The zero-order chi connectivity index (χ0) is 11.0. The topological polar surface area (TPSA) is 47.3 Å². The van der Waals surface area contributed by atoms with Crippen molar-refractivity contribution in [3.05, 3.63) is 12.7 Å². The van der Waals surface area contributed by atoms with Crippen molar-refractivity contribution in [3.8, 4) is 0 Å². The van der Waals surface area contributed by atoms with Gasteiger partial charge in [0.25, 0.3) is 0 Å². The number of hydrogen-bond donors (Lipinski definition) is 2. The normalized spacial score (nSPS) is 14.0. The molecule has 0 fully saturated rings. The van der Waals surface area contributed by atoms with Crippen molar-refractivity contribution in [3.63, 3.8) is 0 Å². The van der Waals surface area contributed by atoms with E-state index in [1.54, 1.807) is 6.08 Å². The Morgan fingerprint density at radius 2 is 2.14 bits per heavy atom. The van der Waals surface area contributed by atoms with E-state index in [0.717, 1.165) is 0 Å². The summed E-state index contributed by atoms with van der Waals surface area (Å²) in [7, 11) is 0. The van der Waals surface area contributed by atoms with Gasteiger partial charge >= 0.3 is 6.18 Å². The van der Waals surface area contributed by atoms with Gasteiger partial charge in [0.2, 0.25) is 0 Å². The van der Waals surface area contributed by atoms with Gasteiger partial charge in [-0.2, -0.15) is 13.2 Å². The number of hydrogen-bond acceptors (Lipinski definition) is 3. The van der Waals surface area contributed by atoms with E-state index in [0.29, 0.717) is 12.8 Å². The van der Waals surface area contributed by atoms with E-state index in [9.17, 15) is 13.2 Å². The second kappa shape index (κ2) is 6.80. The van der Waals surface area contributed by atoms with Crippen molar-refractivity contribution in [2.45, 2.75) is 25.1 Å². The lowest BCUT2D eigenvalue weighted by Crippen LogP contribution is -2.39.